The molecule has 2 aliphatic rings. The quantitative estimate of drug-likeness (QED) is 0.339. The van der Waals surface area contributed by atoms with Gasteiger partial charge in [0, 0.05) is 71.3 Å². The molecule has 0 spiro atoms. The summed E-state index contributed by atoms with van der Waals surface area (Å²) in [7, 11) is 2.09. The number of benzene rings is 2. The van der Waals surface area contributed by atoms with E-state index in [0.717, 1.165) is 76.6 Å². The molecule has 0 amide bonds. The van der Waals surface area contributed by atoms with E-state index in [1.165, 1.54) is 15.9 Å². The average molecular weight is 539 g/mol. The maximum absolute atomic E-state index is 13.9. The fraction of sp³-hybridized carbons (Fsp3) is 0.375. The van der Waals surface area contributed by atoms with Crippen LogP contribution in [-0.4, -0.2) is 69.5 Å². The monoisotopic (exact) mass is 538 g/mol. The molecule has 0 saturated carbocycles. The summed E-state index contributed by atoms with van der Waals surface area (Å²) in [5, 5.41) is 4.59. The first-order valence-corrected chi connectivity index (χ1v) is 14.3. The standard InChI is InChI=1S/C32H38N6O2/c1-34-16-8-13-28(34)25-36-19-21-37(22-20-36)30-23-33-38(27-11-6-3-7-12-27)32(39)31(30)40-29-14-17-35(18-15-29)24-26-9-4-2-5-10-26/h2-13,16,23,29H,14-15,17-22,24-25H2,1H3. The molecule has 2 fully saturated rings. The lowest BCUT2D eigenvalue weighted by Crippen LogP contribution is -2.47. The first kappa shape index (κ1) is 26.3. The van der Waals surface area contributed by atoms with Gasteiger partial charge in [0.25, 0.3) is 0 Å². The third kappa shape index (κ3) is 5.98. The summed E-state index contributed by atoms with van der Waals surface area (Å²) in [6.07, 6.45) is 5.70. The van der Waals surface area contributed by atoms with Crippen LogP contribution in [0.15, 0.2) is 90.0 Å². The third-order valence-electron chi connectivity index (χ3n) is 8.13. The van der Waals surface area contributed by atoms with Gasteiger partial charge in [0.15, 0.2) is 0 Å². The Morgan fingerprint density at radius 3 is 2.15 bits per heavy atom. The number of likely N-dealkylation sites (tertiary alicyclic amines) is 1. The topological polar surface area (TPSA) is 58.8 Å². The Balaban J connectivity index is 1.18. The SMILES string of the molecule is Cn1cccc1CN1CCN(c2cnn(-c3ccccc3)c(=O)c2OC2CCN(Cc3ccccc3)CC2)CC1. The van der Waals surface area contributed by atoms with Gasteiger partial charge in [0.05, 0.1) is 11.9 Å². The van der Waals surface area contributed by atoms with Crippen LogP contribution >= 0.6 is 0 Å². The highest BCUT2D eigenvalue weighted by atomic mass is 16.5. The summed E-state index contributed by atoms with van der Waals surface area (Å²) in [5.41, 5.74) is 4.00. The molecule has 0 radical (unpaired) electrons. The number of piperidine rings is 1. The molecule has 0 N–H and O–H groups in total. The zero-order valence-corrected chi connectivity index (χ0v) is 23.2. The van der Waals surface area contributed by atoms with Crippen LogP contribution in [0.3, 0.4) is 0 Å². The Kier molecular flexibility index (Phi) is 7.97. The Labute approximate surface area is 236 Å². The van der Waals surface area contributed by atoms with Crippen LogP contribution in [0.25, 0.3) is 5.69 Å². The molecule has 0 unspecified atom stereocenters. The Hall–Kier alpha value is -3.88. The minimum absolute atomic E-state index is 0.00345. The number of rotatable bonds is 8. The Morgan fingerprint density at radius 2 is 1.48 bits per heavy atom. The van der Waals surface area contributed by atoms with Gasteiger partial charge >= 0.3 is 5.56 Å². The molecule has 6 rings (SSSR count). The van der Waals surface area contributed by atoms with Gasteiger partial charge in [-0.3, -0.25) is 14.6 Å². The van der Waals surface area contributed by atoms with Crippen molar-refractivity contribution in [3.05, 3.63) is 107 Å². The van der Waals surface area contributed by atoms with E-state index in [-0.39, 0.29) is 11.7 Å². The number of aromatic nitrogens is 3. The Bertz CT molecular complexity index is 1440. The Morgan fingerprint density at radius 1 is 0.800 bits per heavy atom. The molecule has 4 heterocycles. The summed E-state index contributed by atoms with van der Waals surface area (Å²) >= 11 is 0. The van der Waals surface area contributed by atoms with Crippen LogP contribution in [0, 0.1) is 0 Å². The number of nitrogens with zero attached hydrogens (tertiary/aromatic N) is 6. The first-order chi connectivity index (χ1) is 19.6. The van der Waals surface area contributed by atoms with Gasteiger partial charge in [-0.05, 0) is 42.7 Å². The fourth-order valence-corrected chi connectivity index (χ4v) is 5.75. The average Bonchev–Trinajstić information content (AvgIpc) is 3.40. The van der Waals surface area contributed by atoms with Crippen molar-refractivity contribution >= 4 is 5.69 Å². The summed E-state index contributed by atoms with van der Waals surface area (Å²) in [4.78, 5) is 21.1. The largest absolute Gasteiger partial charge is 0.483 e. The second-order valence-corrected chi connectivity index (χ2v) is 10.9. The van der Waals surface area contributed by atoms with Gasteiger partial charge in [-0.1, -0.05) is 48.5 Å². The van der Waals surface area contributed by atoms with Crippen molar-refractivity contribution in [2.45, 2.75) is 32.0 Å². The second-order valence-electron chi connectivity index (χ2n) is 10.9. The van der Waals surface area contributed by atoms with Gasteiger partial charge < -0.3 is 14.2 Å². The van der Waals surface area contributed by atoms with E-state index in [1.54, 1.807) is 0 Å². The van der Waals surface area contributed by atoms with Crippen LogP contribution < -0.4 is 15.2 Å². The third-order valence-corrected chi connectivity index (χ3v) is 8.13. The number of hydrogen-bond acceptors (Lipinski definition) is 6. The molecule has 2 aliphatic heterocycles. The molecule has 0 atom stereocenters. The van der Waals surface area contributed by atoms with Crippen LogP contribution in [-0.2, 0) is 20.1 Å². The van der Waals surface area contributed by atoms with Gasteiger partial charge in [0.1, 0.15) is 11.8 Å². The van der Waals surface area contributed by atoms with Gasteiger partial charge in [-0.25, -0.2) is 0 Å². The molecule has 4 aromatic rings. The summed E-state index contributed by atoms with van der Waals surface area (Å²) in [5.74, 6) is 0.427. The van der Waals surface area contributed by atoms with Crippen molar-refractivity contribution in [1.29, 1.82) is 0 Å². The van der Waals surface area contributed by atoms with Crippen LogP contribution in [0.5, 0.6) is 5.75 Å². The summed E-state index contributed by atoms with van der Waals surface area (Å²) < 4.78 is 10.2. The van der Waals surface area contributed by atoms with Gasteiger partial charge in [-0.2, -0.15) is 9.78 Å². The fourth-order valence-electron chi connectivity index (χ4n) is 5.75. The van der Waals surface area contributed by atoms with Crippen molar-refractivity contribution in [3.63, 3.8) is 0 Å². The number of aryl methyl sites for hydroxylation is 1. The number of anilines is 1. The normalized spacial score (nSPS) is 17.3. The first-order valence-electron chi connectivity index (χ1n) is 14.3. The molecule has 208 valence electrons. The molecule has 8 heteroatoms. The van der Waals surface area contributed by atoms with E-state index in [1.807, 2.05) is 36.5 Å². The predicted molar refractivity (Wildman–Crippen MR) is 158 cm³/mol. The van der Waals surface area contributed by atoms with Gasteiger partial charge in [0.2, 0.25) is 5.75 Å². The summed E-state index contributed by atoms with van der Waals surface area (Å²) in [6, 6.07) is 24.5. The minimum Gasteiger partial charge on any atom is -0.483 e. The summed E-state index contributed by atoms with van der Waals surface area (Å²) in [6.45, 7) is 7.27. The number of hydrogen-bond donors (Lipinski definition) is 0. The maximum atomic E-state index is 13.9. The lowest BCUT2D eigenvalue weighted by molar-refractivity contribution is 0.0953. The van der Waals surface area contributed by atoms with Gasteiger partial charge in [-0.15, -0.1) is 0 Å². The highest BCUT2D eigenvalue weighted by Crippen LogP contribution is 2.29. The lowest BCUT2D eigenvalue weighted by Gasteiger charge is -2.37. The number of piperazine rings is 1. The van der Waals surface area contributed by atoms with Crippen molar-refractivity contribution in [2.24, 2.45) is 7.05 Å². The second kappa shape index (κ2) is 12.1. The number of para-hydroxylation sites is 1. The van der Waals surface area contributed by atoms with E-state index in [9.17, 15) is 4.79 Å². The molecular formula is C32H38N6O2. The van der Waals surface area contributed by atoms with Crippen molar-refractivity contribution in [1.82, 2.24) is 24.1 Å². The van der Waals surface area contributed by atoms with E-state index in [2.05, 4.69) is 80.1 Å². The molecule has 2 aromatic heterocycles. The zero-order chi connectivity index (χ0) is 27.3. The van der Waals surface area contributed by atoms with Crippen LogP contribution in [0.1, 0.15) is 24.1 Å². The van der Waals surface area contributed by atoms with Crippen molar-refractivity contribution < 1.29 is 4.74 Å². The molecule has 0 bridgehead atoms. The van der Waals surface area contributed by atoms with Crippen LogP contribution in [0.2, 0.25) is 0 Å². The smallest absolute Gasteiger partial charge is 0.316 e. The van der Waals surface area contributed by atoms with E-state index in [0.29, 0.717) is 5.75 Å². The zero-order valence-electron chi connectivity index (χ0n) is 23.2. The molecule has 8 nitrogen and oxygen atoms in total. The highest BCUT2D eigenvalue weighted by Gasteiger charge is 2.27. The van der Waals surface area contributed by atoms with Crippen LogP contribution in [0.4, 0.5) is 5.69 Å². The van der Waals surface area contributed by atoms with E-state index in [4.69, 9.17) is 4.74 Å². The highest BCUT2D eigenvalue weighted by molar-refractivity contribution is 5.57. The van der Waals surface area contributed by atoms with E-state index < -0.39 is 0 Å². The molecule has 2 saturated heterocycles. The number of ether oxygens (including phenoxy) is 1. The minimum atomic E-state index is -0.193. The van der Waals surface area contributed by atoms with E-state index >= 15 is 0 Å². The molecule has 2 aromatic carbocycles. The lowest BCUT2D eigenvalue weighted by atomic mass is 10.1. The predicted octanol–water partition coefficient (Wildman–Crippen LogP) is 3.94. The molecular weight excluding hydrogens is 500 g/mol. The molecule has 40 heavy (non-hydrogen) atoms. The maximum Gasteiger partial charge on any atom is 0.316 e. The molecule has 0 aliphatic carbocycles. The van der Waals surface area contributed by atoms with Crippen molar-refractivity contribution in [3.8, 4) is 11.4 Å². The van der Waals surface area contributed by atoms with Crippen molar-refractivity contribution in [2.75, 3.05) is 44.2 Å².